The predicted molar refractivity (Wildman–Crippen MR) is 85.1 cm³/mol. The molecule has 0 aliphatic carbocycles. The largest absolute Gasteiger partial charge is 0.321 e. The first-order valence-corrected chi connectivity index (χ1v) is 7.20. The maximum absolute atomic E-state index is 12.2. The molecule has 0 bridgehead atoms. The third-order valence-corrected chi connectivity index (χ3v) is 3.73. The van der Waals surface area contributed by atoms with Gasteiger partial charge < -0.3 is 10.2 Å². The van der Waals surface area contributed by atoms with Gasteiger partial charge in [0.05, 0.1) is 0 Å². The Hall–Kier alpha value is -2.69. The van der Waals surface area contributed by atoms with Crippen LogP contribution in [0.25, 0.3) is 0 Å². The number of nitrogens with zero attached hydrogens (tertiary/aromatic N) is 2. The predicted octanol–water partition coefficient (Wildman–Crippen LogP) is 2.55. The topological polar surface area (TPSA) is 62.3 Å². The van der Waals surface area contributed by atoms with Gasteiger partial charge in [-0.25, -0.2) is 4.98 Å². The van der Waals surface area contributed by atoms with E-state index in [0.717, 1.165) is 29.1 Å². The fourth-order valence-electron chi connectivity index (χ4n) is 2.67. The number of carbonyl (C=O) groups excluding carboxylic acids is 2. The summed E-state index contributed by atoms with van der Waals surface area (Å²) in [4.78, 5) is 29.7. The fraction of sp³-hybridized carbons (Fsp3) is 0.235. The van der Waals surface area contributed by atoms with Crippen LogP contribution in [0.1, 0.15) is 28.7 Å². The van der Waals surface area contributed by atoms with Gasteiger partial charge in [-0.15, -0.1) is 0 Å². The van der Waals surface area contributed by atoms with E-state index in [1.807, 2.05) is 37.3 Å². The Morgan fingerprint density at radius 1 is 1.23 bits per heavy atom. The molecular weight excluding hydrogens is 278 g/mol. The minimum absolute atomic E-state index is 0.0412. The van der Waals surface area contributed by atoms with Crippen molar-refractivity contribution in [3.05, 3.63) is 53.3 Å². The van der Waals surface area contributed by atoms with Crippen LogP contribution < -0.4 is 10.2 Å². The van der Waals surface area contributed by atoms with Crippen LogP contribution in [0.3, 0.4) is 0 Å². The molecule has 1 aliphatic rings. The Labute approximate surface area is 129 Å². The SMILES string of the molecule is CC(=O)N1CCc2cc(NC(=O)c3cccc(C)n3)ccc21. The number of hydrogen-bond acceptors (Lipinski definition) is 3. The summed E-state index contributed by atoms with van der Waals surface area (Å²) < 4.78 is 0. The van der Waals surface area contributed by atoms with Gasteiger partial charge in [0.25, 0.3) is 5.91 Å². The molecule has 2 heterocycles. The molecule has 1 aromatic heterocycles. The van der Waals surface area contributed by atoms with E-state index in [1.165, 1.54) is 0 Å². The van der Waals surface area contributed by atoms with Crippen molar-refractivity contribution < 1.29 is 9.59 Å². The summed E-state index contributed by atoms with van der Waals surface area (Å²) in [6, 6.07) is 11.0. The molecule has 3 rings (SSSR count). The van der Waals surface area contributed by atoms with E-state index in [2.05, 4.69) is 10.3 Å². The van der Waals surface area contributed by atoms with E-state index in [0.29, 0.717) is 12.2 Å². The molecule has 0 unspecified atom stereocenters. The highest BCUT2D eigenvalue weighted by molar-refractivity contribution is 6.03. The van der Waals surface area contributed by atoms with Crippen molar-refractivity contribution >= 4 is 23.2 Å². The third kappa shape index (κ3) is 2.70. The first-order valence-electron chi connectivity index (χ1n) is 7.20. The Balaban J connectivity index is 1.80. The molecule has 1 N–H and O–H groups in total. The van der Waals surface area contributed by atoms with Gasteiger partial charge in [0.1, 0.15) is 5.69 Å². The molecule has 112 valence electrons. The van der Waals surface area contributed by atoms with Gasteiger partial charge in [-0.2, -0.15) is 0 Å². The summed E-state index contributed by atoms with van der Waals surface area (Å²) in [5, 5.41) is 2.85. The van der Waals surface area contributed by atoms with E-state index in [4.69, 9.17) is 0 Å². The van der Waals surface area contributed by atoms with Crippen molar-refractivity contribution in [1.29, 1.82) is 0 Å². The van der Waals surface area contributed by atoms with E-state index in [-0.39, 0.29) is 11.8 Å². The molecule has 1 aliphatic heterocycles. The minimum Gasteiger partial charge on any atom is -0.321 e. The van der Waals surface area contributed by atoms with Crippen LogP contribution in [0.5, 0.6) is 0 Å². The van der Waals surface area contributed by atoms with Gasteiger partial charge in [-0.3, -0.25) is 9.59 Å². The number of hydrogen-bond donors (Lipinski definition) is 1. The summed E-state index contributed by atoms with van der Waals surface area (Å²) in [6.45, 7) is 4.11. The molecule has 0 radical (unpaired) electrons. The molecule has 0 fully saturated rings. The summed E-state index contributed by atoms with van der Waals surface area (Å²) in [5.41, 5.74) is 3.92. The van der Waals surface area contributed by atoms with Gasteiger partial charge in [-0.05, 0) is 49.2 Å². The average molecular weight is 295 g/mol. The van der Waals surface area contributed by atoms with Gasteiger partial charge in [0, 0.05) is 30.5 Å². The number of amides is 2. The monoisotopic (exact) mass is 295 g/mol. The van der Waals surface area contributed by atoms with Gasteiger partial charge in [-0.1, -0.05) is 6.07 Å². The van der Waals surface area contributed by atoms with Crippen LogP contribution in [-0.4, -0.2) is 23.3 Å². The zero-order valence-electron chi connectivity index (χ0n) is 12.6. The summed E-state index contributed by atoms with van der Waals surface area (Å²) in [5.74, 6) is -0.190. The van der Waals surface area contributed by atoms with Gasteiger partial charge in [0.2, 0.25) is 5.91 Å². The Bertz CT molecular complexity index is 755. The smallest absolute Gasteiger partial charge is 0.274 e. The molecule has 2 aromatic rings. The second-order valence-corrected chi connectivity index (χ2v) is 5.38. The zero-order valence-corrected chi connectivity index (χ0v) is 12.6. The molecule has 1 aromatic carbocycles. The summed E-state index contributed by atoms with van der Waals surface area (Å²) >= 11 is 0. The Morgan fingerprint density at radius 3 is 2.77 bits per heavy atom. The number of aryl methyl sites for hydroxylation is 1. The zero-order chi connectivity index (χ0) is 15.7. The third-order valence-electron chi connectivity index (χ3n) is 3.73. The van der Waals surface area contributed by atoms with Crippen LogP contribution in [0.2, 0.25) is 0 Å². The van der Waals surface area contributed by atoms with E-state index < -0.39 is 0 Å². The second-order valence-electron chi connectivity index (χ2n) is 5.38. The van der Waals surface area contributed by atoms with E-state index in [9.17, 15) is 9.59 Å². The van der Waals surface area contributed by atoms with Crippen molar-refractivity contribution in [2.24, 2.45) is 0 Å². The van der Waals surface area contributed by atoms with Crippen LogP contribution in [0, 0.1) is 6.92 Å². The van der Waals surface area contributed by atoms with Crippen molar-refractivity contribution in [2.75, 3.05) is 16.8 Å². The highest BCUT2D eigenvalue weighted by Gasteiger charge is 2.22. The quantitative estimate of drug-likeness (QED) is 0.926. The van der Waals surface area contributed by atoms with E-state index >= 15 is 0 Å². The lowest BCUT2D eigenvalue weighted by atomic mass is 10.1. The molecule has 0 saturated heterocycles. The fourth-order valence-corrected chi connectivity index (χ4v) is 2.67. The Kier molecular flexibility index (Phi) is 3.63. The molecular formula is C17H17N3O2. The number of rotatable bonds is 2. The number of nitrogens with one attached hydrogen (secondary N) is 1. The highest BCUT2D eigenvalue weighted by atomic mass is 16.2. The van der Waals surface area contributed by atoms with Crippen LogP contribution in [0.15, 0.2) is 36.4 Å². The highest BCUT2D eigenvalue weighted by Crippen LogP contribution is 2.30. The number of benzene rings is 1. The summed E-state index contributed by atoms with van der Waals surface area (Å²) in [6.07, 6.45) is 0.807. The van der Waals surface area contributed by atoms with Crippen molar-refractivity contribution in [2.45, 2.75) is 20.3 Å². The first kappa shape index (κ1) is 14.3. The molecule has 5 nitrogen and oxygen atoms in total. The van der Waals surface area contributed by atoms with Gasteiger partial charge in [0.15, 0.2) is 0 Å². The van der Waals surface area contributed by atoms with Crippen molar-refractivity contribution in [3.63, 3.8) is 0 Å². The number of carbonyl (C=O) groups is 2. The minimum atomic E-state index is -0.231. The van der Waals surface area contributed by atoms with Crippen LogP contribution in [-0.2, 0) is 11.2 Å². The first-order chi connectivity index (χ1) is 10.5. The lowest BCUT2D eigenvalue weighted by Crippen LogP contribution is -2.25. The standard InChI is InChI=1S/C17H17N3O2/c1-11-4-3-5-15(18-11)17(22)19-14-6-7-16-13(10-14)8-9-20(16)12(2)21/h3-7,10H,8-9H2,1-2H3,(H,19,22). The van der Waals surface area contributed by atoms with Crippen molar-refractivity contribution in [1.82, 2.24) is 4.98 Å². The average Bonchev–Trinajstić information content (AvgIpc) is 2.90. The molecule has 0 atom stereocenters. The van der Waals surface area contributed by atoms with E-state index in [1.54, 1.807) is 17.9 Å². The van der Waals surface area contributed by atoms with Crippen LogP contribution >= 0.6 is 0 Å². The second kappa shape index (κ2) is 5.60. The molecule has 2 amide bonds. The van der Waals surface area contributed by atoms with Crippen molar-refractivity contribution in [3.8, 4) is 0 Å². The Morgan fingerprint density at radius 2 is 2.05 bits per heavy atom. The maximum atomic E-state index is 12.2. The van der Waals surface area contributed by atoms with Gasteiger partial charge >= 0.3 is 0 Å². The summed E-state index contributed by atoms with van der Waals surface area (Å²) in [7, 11) is 0. The van der Waals surface area contributed by atoms with Crippen LogP contribution in [0.4, 0.5) is 11.4 Å². The number of aromatic nitrogens is 1. The molecule has 22 heavy (non-hydrogen) atoms. The number of pyridine rings is 1. The molecule has 5 heteroatoms. The lowest BCUT2D eigenvalue weighted by molar-refractivity contribution is -0.116. The number of anilines is 2. The normalized spacial score (nSPS) is 12.9. The molecule has 0 saturated carbocycles. The number of fused-ring (bicyclic) bond motifs is 1. The lowest BCUT2D eigenvalue weighted by Gasteiger charge is -2.15. The maximum Gasteiger partial charge on any atom is 0.274 e. The molecule has 0 spiro atoms.